The Morgan fingerprint density at radius 3 is 2.67 bits per heavy atom. The van der Waals surface area contributed by atoms with Gasteiger partial charge in [-0.15, -0.1) is 0 Å². The topological polar surface area (TPSA) is 66.0 Å². The van der Waals surface area contributed by atoms with E-state index in [1.165, 1.54) is 0 Å². The van der Waals surface area contributed by atoms with Gasteiger partial charge >= 0.3 is 5.97 Å². The average Bonchev–Trinajstić information content (AvgIpc) is 2.70. The van der Waals surface area contributed by atoms with Gasteiger partial charge in [0.25, 0.3) is 0 Å². The van der Waals surface area contributed by atoms with Crippen LogP contribution in [0.3, 0.4) is 0 Å². The lowest BCUT2D eigenvalue weighted by atomic mass is 9.76. The van der Waals surface area contributed by atoms with E-state index >= 15 is 0 Å². The first kappa shape index (κ1) is 12.6. The lowest BCUT2D eigenvalue weighted by Crippen LogP contribution is -2.35. The van der Waals surface area contributed by atoms with E-state index in [0.717, 1.165) is 16.9 Å². The standard InChI is InChI=1S/C14H18N2O2/c1-9(2)14(3,13(17)18)8-12-15-10-6-4-5-7-11(10)16-12/h4-7,9H,8H2,1-3H3,(H,15,16)(H,17,18). The summed E-state index contributed by atoms with van der Waals surface area (Å²) in [6.45, 7) is 5.63. The third-order valence-electron chi connectivity index (χ3n) is 3.74. The molecule has 4 nitrogen and oxygen atoms in total. The minimum Gasteiger partial charge on any atom is -0.481 e. The highest BCUT2D eigenvalue weighted by Gasteiger charge is 2.37. The number of hydrogen-bond acceptors (Lipinski definition) is 2. The number of carboxylic acid groups (broad SMARTS) is 1. The third kappa shape index (κ3) is 2.10. The number of aromatic amines is 1. The van der Waals surface area contributed by atoms with Crippen LogP contribution in [0, 0.1) is 11.3 Å². The Balaban J connectivity index is 2.35. The average molecular weight is 246 g/mol. The summed E-state index contributed by atoms with van der Waals surface area (Å²) in [5.74, 6) is -0.00373. The largest absolute Gasteiger partial charge is 0.481 e. The Morgan fingerprint density at radius 2 is 2.11 bits per heavy atom. The van der Waals surface area contributed by atoms with Gasteiger partial charge in [0.1, 0.15) is 5.82 Å². The van der Waals surface area contributed by atoms with Gasteiger partial charge in [-0.1, -0.05) is 26.0 Å². The van der Waals surface area contributed by atoms with Gasteiger partial charge < -0.3 is 10.1 Å². The van der Waals surface area contributed by atoms with Crippen LogP contribution in [0.1, 0.15) is 26.6 Å². The monoisotopic (exact) mass is 246 g/mol. The molecule has 0 aliphatic heterocycles. The fraction of sp³-hybridized carbons (Fsp3) is 0.429. The molecule has 0 radical (unpaired) electrons. The minimum absolute atomic E-state index is 0.0446. The van der Waals surface area contributed by atoms with E-state index in [-0.39, 0.29) is 5.92 Å². The van der Waals surface area contributed by atoms with Gasteiger partial charge in [0.05, 0.1) is 16.4 Å². The normalized spacial score (nSPS) is 14.9. The van der Waals surface area contributed by atoms with Crippen LogP contribution in [0.4, 0.5) is 0 Å². The van der Waals surface area contributed by atoms with Crippen LogP contribution < -0.4 is 0 Å². The molecule has 18 heavy (non-hydrogen) atoms. The van der Waals surface area contributed by atoms with Crippen LogP contribution in [0.2, 0.25) is 0 Å². The van der Waals surface area contributed by atoms with Crippen LogP contribution >= 0.6 is 0 Å². The van der Waals surface area contributed by atoms with Crippen molar-refractivity contribution in [1.29, 1.82) is 0 Å². The van der Waals surface area contributed by atoms with Crippen LogP contribution in [-0.2, 0) is 11.2 Å². The molecule has 0 spiro atoms. The molecular weight excluding hydrogens is 228 g/mol. The molecule has 4 heteroatoms. The van der Waals surface area contributed by atoms with Crippen LogP contribution in [0.25, 0.3) is 11.0 Å². The predicted octanol–water partition coefficient (Wildman–Crippen LogP) is 2.85. The molecule has 0 saturated heterocycles. The maximum Gasteiger partial charge on any atom is 0.310 e. The quantitative estimate of drug-likeness (QED) is 0.871. The minimum atomic E-state index is -0.798. The molecule has 2 N–H and O–H groups in total. The van der Waals surface area contributed by atoms with Crippen molar-refractivity contribution in [2.75, 3.05) is 0 Å². The summed E-state index contributed by atoms with van der Waals surface area (Å²) in [5, 5.41) is 9.40. The van der Waals surface area contributed by atoms with E-state index in [1.807, 2.05) is 38.1 Å². The highest BCUT2D eigenvalue weighted by Crippen LogP contribution is 2.31. The van der Waals surface area contributed by atoms with Crippen molar-refractivity contribution >= 4 is 17.0 Å². The fourth-order valence-electron chi connectivity index (χ4n) is 1.96. The highest BCUT2D eigenvalue weighted by atomic mass is 16.4. The Bertz CT molecular complexity index is 541. The lowest BCUT2D eigenvalue weighted by molar-refractivity contribution is -0.150. The van der Waals surface area contributed by atoms with E-state index in [9.17, 15) is 9.90 Å². The van der Waals surface area contributed by atoms with E-state index < -0.39 is 11.4 Å². The summed E-state index contributed by atoms with van der Waals surface area (Å²) in [5.41, 5.74) is 1.03. The van der Waals surface area contributed by atoms with E-state index in [0.29, 0.717) is 6.42 Å². The molecule has 1 unspecified atom stereocenters. The van der Waals surface area contributed by atoms with E-state index in [1.54, 1.807) is 6.92 Å². The molecule has 1 atom stereocenters. The van der Waals surface area contributed by atoms with Crippen molar-refractivity contribution in [2.24, 2.45) is 11.3 Å². The van der Waals surface area contributed by atoms with Crippen molar-refractivity contribution < 1.29 is 9.90 Å². The number of carboxylic acids is 1. The molecule has 1 aromatic carbocycles. The van der Waals surface area contributed by atoms with Crippen molar-refractivity contribution in [3.05, 3.63) is 30.1 Å². The Hall–Kier alpha value is -1.84. The zero-order valence-electron chi connectivity index (χ0n) is 10.9. The third-order valence-corrected chi connectivity index (χ3v) is 3.74. The summed E-state index contributed by atoms with van der Waals surface area (Å²) in [6.07, 6.45) is 0.411. The van der Waals surface area contributed by atoms with Crippen LogP contribution in [-0.4, -0.2) is 21.0 Å². The second kappa shape index (κ2) is 4.44. The van der Waals surface area contributed by atoms with Crippen LogP contribution in [0.15, 0.2) is 24.3 Å². The smallest absolute Gasteiger partial charge is 0.310 e. The number of nitrogens with zero attached hydrogens (tertiary/aromatic N) is 1. The number of hydrogen-bond donors (Lipinski definition) is 2. The number of rotatable bonds is 4. The van der Waals surface area contributed by atoms with E-state index in [2.05, 4.69) is 9.97 Å². The molecule has 1 aromatic heterocycles. The fourth-order valence-corrected chi connectivity index (χ4v) is 1.96. The van der Waals surface area contributed by atoms with Gasteiger partial charge in [-0.2, -0.15) is 0 Å². The summed E-state index contributed by atoms with van der Waals surface area (Å²) in [7, 11) is 0. The number of H-pyrrole nitrogens is 1. The molecule has 0 fully saturated rings. The van der Waals surface area contributed by atoms with E-state index in [4.69, 9.17) is 0 Å². The first-order valence-electron chi connectivity index (χ1n) is 6.10. The van der Waals surface area contributed by atoms with Gasteiger partial charge in [-0.3, -0.25) is 4.79 Å². The maximum atomic E-state index is 11.4. The summed E-state index contributed by atoms with van der Waals surface area (Å²) < 4.78 is 0. The molecule has 0 saturated carbocycles. The van der Waals surface area contributed by atoms with Gasteiger partial charge in [0.15, 0.2) is 0 Å². The predicted molar refractivity (Wildman–Crippen MR) is 70.4 cm³/mol. The van der Waals surface area contributed by atoms with Crippen LogP contribution in [0.5, 0.6) is 0 Å². The molecule has 0 amide bonds. The first-order chi connectivity index (χ1) is 8.43. The molecular formula is C14H18N2O2. The van der Waals surface area contributed by atoms with Gasteiger partial charge in [0, 0.05) is 6.42 Å². The van der Waals surface area contributed by atoms with Gasteiger partial charge in [-0.25, -0.2) is 4.98 Å². The Kier molecular flexibility index (Phi) is 3.11. The second-order valence-corrected chi connectivity index (χ2v) is 5.25. The molecule has 1 heterocycles. The SMILES string of the molecule is CC(C)C(C)(Cc1nc2ccccc2[nH]1)C(=O)O. The zero-order chi connectivity index (χ0) is 13.3. The number of imidazole rings is 1. The number of nitrogens with one attached hydrogen (secondary N) is 1. The Morgan fingerprint density at radius 1 is 1.44 bits per heavy atom. The molecule has 0 bridgehead atoms. The number of aromatic nitrogens is 2. The van der Waals surface area contributed by atoms with Gasteiger partial charge in [0.2, 0.25) is 0 Å². The summed E-state index contributed by atoms with van der Waals surface area (Å²) in [6, 6.07) is 7.72. The molecule has 0 aliphatic carbocycles. The number of para-hydroxylation sites is 2. The number of aliphatic carboxylic acids is 1. The summed E-state index contributed by atoms with van der Waals surface area (Å²) in [4.78, 5) is 19.1. The summed E-state index contributed by atoms with van der Waals surface area (Å²) >= 11 is 0. The molecule has 2 aromatic rings. The van der Waals surface area contributed by atoms with Crippen molar-refractivity contribution in [1.82, 2.24) is 9.97 Å². The molecule has 0 aliphatic rings. The molecule has 96 valence electrons. The molecule has 2 rings (SSSR count). The zero-order valence-corrected chi connectivity index (χ0v) is 10.9. The van der Waals surface area contributed by atoms with Crippen molar-refractivity contribution in [2.45, 2.75) is 27.2 Å². The maximum absolute atomic E-state index is 11.4. The number of benzene rings is 1. The van der Waals surface area contributed by atoms with Crippen molar-refractivity contribution in [3.63, 3.8) is 0 Å². The highest BCUT2D eigenvalue weighted by molar-refractivity contribution is 5.76. The Labute approximate surface area is 106 Å². The number of carbonyl (C=O) groups is 1. The van der Waals surface area contributed by atoms with Gasteiger partial charge in [-0.05, 0) is 25.0 Å². The second-order valence-electron chi connectivity index (χ2n) is 5.25. The first-order valence-corrected chi connectivity index (χ1v) is 6.10. The van der Waals surface area contributed by atoms with Crippen molar-refractivity contribution in [3.8, 4) is 0 Å². The lowest BCUT2D eigenvalue weighted by Gasteiger charge is -2.27. The number of fused-ring (bicyclic) bond motifs is 1.